The van der Waals surface area contributed by atoms with Crippen molar-refractivity contribution in [2.45, 2.75) is 31.1 Å². The minimum atomic E-state index is 0.355. The first kappa shape index (κ1) is 15.0. The van der Waals surface area contributed by atoms with E-state index in [0.29, 0.717) is 11.3 Å². The molecule has 2 rings (SSSR count). The molecule has 0 saturated carbocycles. The van der Waals surface area contributed by atoms with Gasteiger partial charge in [-0.1, -0.05) is 61.9 Å². The zero-order chi connectivity index (χ0) is 14.2. The van der Waals surface area contributed by atoms with Crippen molar-refractivity contribution in [3.8, 4) is 0 Å². The van der Waals surface area contributed by atoms with Gasteiger partial charge in [0, 0.05) is 10.9 Å². The second-order valence-electron chi connectivity index (χ2n) is 4.96. The van der Waals surface area contributed by atoms with Gasteiger partial charge in [0.15, 0.2) is 0 Å². The SMILES string of the molecule is CCCC(SC)C(Nc1ccccc1)c1ccccc1. The zero-order valence-electron chi connectivity index (χ0n) is 12.3. The number of rotatable bonds is 7. The molecule has 0 aliphatic carbocycles. The van der Waals surface area contributed by atoms with Gasteiger partial charge >= 0.3 is 0 Å². The van der Waals surface area contributed by atoms with Crippen LogP contribution < -0.4 is 5.32 Å². The molecule has 0 radical (unpaired) electrons. The highest BCUT2D eigenvalue weighted by molar-refractivity contribution is 7.99. The molecule has 2 unspecified atom stereocenters. The molecule has 2 aromatic rings. The number of hydrogen-bond donors (Lipinski definition) is 1. The smallest absolute Gasteiger partial charge is 0.0632 e. The van der Waals surface area contributed by atoms with Crippen molar-refractivity contribution in [2.24, 2.45) is 0 Å². The Morgan fingerprint density at radius 3 is 2.10 bits per heavy atom. The second kappa shape index (κ2) is 8.01. The van der Waals surface area contributed by atoms with Crippen LogP contribution in [0.3, 0.4) is 0 Å². The van der Waals surface area contributed by atoms with E-state index in [4.69, 9.17) is 0 Å². The average Bonchev–Trinajstić information content (AvgIpc) is 2.52. The summed E-state index contributed by atoms with van der Waals surface area (Å²) in [4.78, 5) is 0. The summed E-state index contributed by atoms with van der Waals surface area (Å²) in [6.07, 6.45) is 4.65. The van der Waals surface area contributed by atoms with E-state index in [1.165, 1.54) is 24.1 Å². The third kappa shape index (κ3) is 4.04. The minimum absolute atomic E-state index is 0.355. The third-order valence-corrected chi connectivity index (χ3v) is 4.62. The summed E-state index contributed by atoms with van der Waals surface area (Å²) in [6, 6.07) is 21.6. The summed E-state index contributed by atoms with van der Waals surface area (Å²) in [7, 11) is 0. The lowest BCUT2D eigenvalue weighted by Gasteiger charge is -2.28. The van der Waals surface area contributed by atoms with Crippen molar-refractivity contribution < 1.29 is 0 Å². The Kier molecular flexibility index (Phi) is 6.00. The van der Waals surface area contributed by atoms with E-state index in [1.807, 2.05) is 11.8 Å². The maximum Gasteiger partial charge on any atom is 0.0632 e. The first-order valence-corrected chi connectivity index (χ1v) is 8.53. The fraction of sp³-hybridized carbons (Fsp3) is 0.333. The number of nitrogens with one attached hydrogen (secondary N) is 1. The van der Waals surface area contributed by atoms with E-state index in [-0.39, 0.29) is 0 Å². The van der Waals surface area contributed by atoms with Gasteiger partial charge in [0.05, 0.1) is 6.04 Å². The van der Waals surface area contributed by atoms with Crippen LogP contribution >= 0.6 is 11.8 Å². The van der Waals surface area contributed by atoms with Crippen molar-refractivity contribution in [1.82, 2.24) is 0 Å². The highest BCUT2D eigenvalue weighted by atomic mass is 32.2. The van der Waals surface area contributed by atoms with Crippen molar-refractivity contribution >= 4 is 17.4 Å². The lowest BCUT2D eigenvalue weighted by Crippen LogP contribution is -2.23. The fourth-order valence-corrected chi connectivity index (χ4v) is 3.44. The van der Waals surface area contributed by atoms with Crippen LogP contribution in [0.15, 0.2) is 60.7 Å². The van der Waals surface area contributed by atoms with E-state index in [2.05, 4.69) is 79.2 Å². The highest BCUT2D eigenvalue weighted by Crippen LogP contribution is 2.31. The van der Waals surface area contributed by atoms with Gasteiger partial charge in [-0.3, -0.25) is 0 Å². The molecule has 106 valence electrons. The molecular weight excluding hydrogens is 262 g/mol. The van der Waals surface area contributed by atoms with Crippen LogP contribution in [0.1, 0.15) is 31.4 Å². The van der Waals surface area contributed by atoms with Crippen LogP contribution in [0.5, 0.6) is 0 Å². The number of anilines is 1. The van der Waals surface area contributed by atoms with Crippen LogP contribution in [0.25, 0.3) is 0 Å². The van der Waals surface area contributed by atoms with Gasteiger partial charge in [-0.25, -0.2) is 0 Å². The normalized spacial score (nSPS) is 13.7. The topological polar surface area (TPSA) is 12.0 Å². The van der Waals surface area contributed by atoms with Gasteiger partial charge < -0.3 is 5.32 Å². The van der Waals surface area contributed by atoms with Gasteiger partial charge in [0.1, 0.15) is 0 Å². The summed E-state index contributed by atoms with van der Waals surface area (Å²) >= 11 is 1.95. The number of benzene rings is 2. The fourth-order valence-electron chi connectivity index (χ4n) is 2.47. The Balaban J connectivity index is 2.24. The molecule has 0 spiro atoms. The van der Waals surface area contributed by atoms with Crippen molar-refractivity contribution in [3.05, 3.63) is 66.2 Å². The lowest BCUT2D eigenvalue weighted by molar-refractivity contribution is 0.653. The predicted octanol–water partition coefficient (Wildman–Crippen LogP) is 5.37. The number of para-hydroxylation sites is 1. The summed E-state index contributed by atoms with van der Waals surface area (Å²) in [5, 5.41) is 4.30. The highest BCUT2D eigenvalue weighted by Gasteiger charge is 2.21. The first-order valence-electron chi connectivity index (χ1n) is 7.24. The molecule has 0 aromatic heterocycles. The minimum Gasteiger partial charge on any atom is -0.377 e. The van der Waals surface area contributed by atoms with E-state index >= 15 is 0 Å². The van der Waals surface area contributed by atoms with E-state index < -0.39 is 0 Å². The lowest BCUT2D eigenvalue weighted by atomic mass is 10.00. The van der Waals surface area contributed by atoms with Gasteiger partial charge in [-0.2, -0.15) is 11.8 Å². The standard InChI is InChI=1S/C18H23NS/c1-3-10-17(20-2)18(15-11-6-4-7-12-15)19-16-13-8-5-9-14-16/h4-9,11-14,17-19H,3,10H2,1-2H3. The largest absolute Gasteiger partial charge is 0.377 e. The molecule has 0 fully saturated rings. The van der Waals surface area contributed by atoms with Crippen LogP contribution in [0, 0.1) is 0 Å². The van der Waals surface area contributed by atoms with Gasteiger partial charge in [-0.15, -0.1) is 0 Å². The molecule has 1 nitrogen and oxygen atoms in total. The Hall–Kier alpha value is -1.41. The molecule has 0 saturated heterocycles. The maximum atomic E-state index is 3.71. The monoisotopic (exact) mass is 285 g/mol. The van der Waals surface area contributed by atoms with Crippen LogP contribution in [0.4, 0.5) is 5.69 Å². The predicted molar refractivity (Wildman–Crippen MR) is 91.5 cm³/mol. The summed E-state index contributed by atoms with van der Waals surface area (Å²) < 4.78 is 0. The Morgan fingerprint density at radius 2 is 1.55 bits per heavy atom. The Labute approximate surface area is 126 Å². The quantitative estimate of drug-likeness (QED) is 0.734. The average molecular weight is 285 g/mol. The molecule has 1 N–H and O–H groups in total. The molecule has 20 heavy (non-hydrogen) atoms. The van der Waals surface area contributed by atoms with Gasteiger partial charge in [-0.05, 0) is 30.4 Å². The molecule has 2 heteroatoms. The summed E-state index contributed by atoms with van der Waals surface area (Å²) in [5.74, 6) is 0. The van der Waals surface area contributed by atoms with Gasteiger partial charge in [0.2, 0.25) is 0 Å². The van der Waals surface area contributed by atoms with Gasteiger partial charge in [0.25, 0.3) is 0 Å². The summed E-state index contributed by atoms with van der Waals surface area (Å²) in [5.41, 5.74) is 2.56. The van der Waals surface area contributed by atoms with E-state index in [9.17, 15) is 0 Å². The molecule has 0 amide bonds. The van der Waals surface area contributed by atoms with Crippen LogP contribution in [0.2, 0.25) is 0 Å². The Morgan fingerprint density at radius 1 is 0.950 bits per heavy atom. The number of thioether (sulfide) groups is 1. The molecule has 0 aliphatic heterocycles. The molecule has 0 aliphatic rings. The number of hydrogen-bond acceptors (Lipinski definition) is 2. The van der Waals surface area contributed by atoms with Crippen molar-refractivity contribution in [3.63, 3.8) is 0 Å². The van der Waals surface area contributed by atoms with Crippen LogP contribution in [-0.4, -0.2) is 11.5 Å². The molecule has 0 bridgehead atoms. The molecule has 2 atom stereocenters. The summed E-state index contributed by atoms with van der Waals surface area (Å²) in [6.45, 7) is 2.26. The third-order valence-electron chi connectivity index (χ3n) is 3.50. The molecule has 2 aromatic carbocycles. The van der Waals surface area contributed by atoms with Crippen molar-refractivity contribution in [1.29, 1.82) is 0 Å². The Bertz CT molecular complexity index is 483. The van der Waals surface area contributed by atoms with Crippen molar-refractivity contribution in [2.75, 3.05) is 11.6 Å². The van der Waals surface area contributed by atoms with Crippen LogP contribution in [-0.2, 0) is 0 Å². The van der Waals surface area contributed by atoms with E-state index in [1.54, 1.807) is 0 Å². The zero-order valence-corrected chi connectivity index (χ0v) is 13.1. The molecule has 0 heterocycles. The van der Waals surface area contributed by atoms with E-state index in [0.717, 1.165) is 0 Å². The second-order valence-corrected chi connectivity index (χ2v) is 6.04. The maximum absolute atomic E-state index is 3.71. The molecular formula is C18H23NS. The first-order chi connectivity index (χ1) is 9.85.